The molecule has 1 aromatic heterocycles. The van der Waals surface area contributed by atoms with E-state index >= 15 is 0 Å². The van der Waals surface area contributed by atoms with Gasteiger partial charge in [-0.3, -0.25) is 0 Å². The Morgan fingerprint density at radius 2 is 2.20 bits per heavy atom. The molecule has 0 aliphatic carbocycles. The van der Waals surface area contributed by atoms with E-state index in [2.05, 4.69) is 29.4 Å². The van der Waals surface area contributed by atoms with Crippen LogP contribution in [0, 0.1) is 18.3 Å². The number of aryl methyl sites for hydroxylation is 1. The number of nitrogens with zero attached hydrogens (tertiary/aromatic N) is 2. The predicted molar refractivity (Wildman–Crippen MR) is 78.3 cm³/mol. The van der Waals surface area contributed by atoms with Gasteiger partial charge in [0.05, 0.1) is 24.5 Å². The standard InChI is InChI=1S/C16H17N3O/c1-12-3-2-4-13(7-12)8-16(11-20)19-15-6-5-14(9-17)18-10-15/h2-7,10,16,19-20H,8,11H2,1H3/t16-/m0/s1. The summed E-state index contributed by atoms with van der Waals surface area (Å²) in [4.78, 5) is 4.00. The fourth-order valence-corrected chi connectivity index (χ4v) is 2.07. The van der Waals surface area contributed by atoms with Gasteiger partial charge in [-0.1, -0.05) is 29.8 Å². The van der Waals surface area contributed by atoms with Gasteiger partial charge in [-0.2, -0.15) is 5.26 Å². The van der Waals surface area contributed by atoms with Crippen LogP contribution in [0.3, 0.4) is 0 Å². The number of anilines is 1. The van der Waals surface area contributed by atoms with Crippen LogP contribution < -0.4 is 5.32 Å². The highest BCUT2D eigenvalue weighted by Gasteiger charge is 2.09. The third kappa shape index (κ3) is 3.81. The van der Waals surface area contributed by atoms with Gasteiger partial charge in [0.2, 0.25) is 0 Å². The van der Waals surface area contributed by atoms with Gasteiger partial charge in [-0.15, -0.1) is 0 Å². The summed E-state index contributed by atoms with van der Waals surface area (Å²) < 4.78 is 0. The molecule has 0 fully saturated rings. The van der Waals surface area contributed by atoms with Crippen LogP contribution in [0.4, 0.5) is 5.69 Å². The average Bonchev–Trinajstić information content (AvgIpc) is 2.47. The van der Waals surface area contributed by atoms with Crippen LogP contribution in [0.25, 0.3) is 0 Å². The van der Waals surface area contributed by atoms with Crippen LogP contribution >= 0.6 is 0 Å². The van der Waals surface area contributed by atoms with Crippen molar-refractivity contribution >= 4 is 5.69 Å². The van der Waals surface area contributed by atoms with Crippen molar-refractivity contribution in [2.75, 3.05) is 11.9 Å². The molecule has 102 valence electrons. The first-order valence-electron chi connectivity index (χ1n) is 6.50. The molecule has 20 heavy (non-hydrogen) atoms. The fraction of sp³-hybridized carbons (Fsp3) is 0.250. The molecule has 0 aliphatic rings. The van der Waals surface area contributed by atoms with Gasteiger partial charge in [0.15, 0.2) is 0 Å². The van der Waals surface area contributed by atoms with Crippen molar-refractivity contribution in [2.24, 2.45) is 0 Å². The largest absolute Gasteiger partial charge is 0.394 e. The first-order chi connectivity index (χ1) is 9.71. The molecule has 0 radical (unpaired) electrons. The van der Waals surface area contributed by atoms with Crippen LogP contribution in [0.1, 0.15) is 16.8 Å². The number of nitrogens with one attached hydrogen (secondary N) is 1. The third-order valence-electron chi connectivity index (χ3n) is 3.03. The molecular weight excluding hydrogens is 250 g/mol. The smallest absolute Gasteiger partial charge is 0.140 e. The molecule has 4 heteroatoms. The van der Waals surface area contributed by atoms with Crippen LogP contribution in [0.15, 0.2) is 42.6 Å². The van der Waals surface area contributed by atoms with Crippen LogP contribution in [-0.4, -0.2) is 22.7 Å². The van der Waals surface area contributed by atoms with Crippen molar-refractivity contribution < 1.29 is 5.11 Å². The van der Waals surface area contributed by atoms with E-state index in [1.54, 1.807) is 18.3 Å². The summed E-state index contributed by atoms with van der Waals surface area (Å²) in [6.45, 7) is 2.09. The lowest BCUT2D eigenvalue weighted by atomic mass is 10.0. The number of nitriles is 1. The second-order valence-corrected chi connectivity index (χ2v) is 4.76. The second-order valence-electron chi connectivity index (χ2n) is 4.76. The Hall–Kier alpha value is -2.38. The van der Waals surface area contributed by atoms with Crippen molar-refractivity contribution in [3.63, 3.8) is 0 Å². The van der Waals surface area contributed by atoms with Crippen molar-refractivity contribution in [1.82, 2.24) is 4.98 Å². The molecule has 0 saturated heterocycles. The fourth-order valence-electron chi connectivity index (χ4n) is 2.07. The summed E-state index contributed by atoms with van der Waals surface area (Å²) in [5.74, 6) is 0. The number of hydrogen-bond donors (Lipinski definition) is 2. The van der Waals surface area contributed by atoms with Crippen molar-refractivity contribution in [1.29, 1.82) is 5.26 Å². The van der Waals surface area contributed by atoms with Gasteiger partial charge in [0.25, 0.3) is 0 Å². The molecule has 2 N–H and O–H groups in total. The monoisotopic (exact) mass is 267 g/mol. The van der Waals surface area contributed by atoms with Gasteiger partial charge in [-0.05, 0) is 31.0 Å². The minimum Gasteiger partial charge on any atom is -0.394 e. The Labute approximate surface area is 118 Å². The van der Waals surface area contributed by atoms with Gasteiger partial charge in [-0.25, -0.2) is 4.98 Å². The van der Waals surface area contributed by atoms with E-state index in [1.165, 1.54) is 11.1 Å². The SMILES string of the molecule is Cc1cccc(C[C@@H](CO)Nc2ccc(C#N)nc2)c1. The molecule has 0 unspecified atom stereocenters. The highest BCUT2D eigenvalue weighted by molar-refractivity contribution is 5.44. The minimum atomic E-state index is -0.0773. The molecule has 1 aromatic carbocycles. The first-order valence-corrected chi connectivity index (χ1v) is 6.50. The summed E-state index contributed by atoms with van der Waals surface area (Å²) in [5.41, 5.74) is 3.57. The Morgan fingerprint density at radius 1 is 1.35 bits per heavy atom. The van der Waals surface area contributed by atoms with Gasteiger partial charge < -0.3 is 10.4 Å². The highest BCUT2D eigenvalue weighted by atomic mass is 16.3. The van der Waals surface area contributed by atoms with Gasteiger partial charge in [0, 0.05) is 0 Å². The molecule has 0 spiro atoms. The summed E-state index contributed by atoms with van der Waals surface area (Å²) in [5, 5.41) is 21.4. The highest BCUT2D eigenvalue weighted by Crippen LogP contribution is 2.12. The topological polar surface area (TPSA) is 68.9 Å². The molecule has 0 aliphatic heterocycles. The summed E-state index contributed by atoms with van der Waals surface area (Å²) in [7, 11) is 0. The predicted octanol–water partition coefficient (Wildman–Crippen LogP) is 2.28. The van der Waals surface area contributed by atoms with Crippen LogP contribution in [-0.2, 0) is 6.42 Å². The van der Waals surface area contributed by atoms with Crippen molar-refractivity contribution in [3.8, 4) is 6.07 Å². The molecule has 2 rings (SSSR count). The maximum absolute atomic E-state index is 9.48. The zero-order valence-corrected chi connectivity index (χ0v) is 11.4. The molecule has 0 bridgehead atoms. The number of pyridine rings is 1. The summed E-state index contributed by atoms with van der Waals surface area (Å²) >= 11 is 0. The summed E-state index contributed by atoms with van der Waals surface area (Å²) in [6, 6.07) is 13.6. The maximum Gasteiger partial charge on any atom is 0.140 e. The number of rotatable bonds is 5. The van der Waals surface area contributed by atoms with E-state index in [-0.39, 0.29) is 12.6 Å². The lowest BCUT2D eigenvalue weighted by Gasteiger charge is -2.17. The number of hydrogen-bond acceptors (Lipinski definition) is 4. The van der Waals surface area contributed by atoms with E-state index in [0.717, 1.165) is 12.1 Å². The molecule has 2 aromatic rings. The number of aliphatic hydroxyl groups is 1. The van der Waals surface area contributed by atoms with E-state index in [1.807, 2.05) is 18.2 Å². The Balaban J connectivity index is 2.03. The molecule has 1 atom stereocenters. The Kier molecular flexibility index (Phi) is 4.70. The summed E-state index contributed by atoms with van der Waals surface area (Å²) in [6.07, 6.45) is 2.34. The quantitative estimate of drug-likeness (QED) is 0.872. The minimum absolute atomic E-state index is 0.0357. The zero-order chi connectivity index (χ0) is 14.4. The normalized spacial score (nSPS) is 11.7. The van der Waals surface area contributed by atoms with Crippen LogP contribution in [0.2, 0.25) is 0 Å². The van der Waals surface area contributed by atoms with Crippen LogP contribution in [0.5, 0.6) is 0 Å². The van der Waals surface area contributed by atoms with Gasteiger partial charge in [0.1, 0.15) is 11.8 Å². The molecule has 0 amide bonds. The number of aromatic nitrogens is 1. The van der Waals surface area contributed by atoms with E-state index in [9.17, 15) is 5.11 Å². The molecule has 1 heterocycles. The molecular formula is C16H17N3O. The zero-order valence-electron chi connectivity index (χ0n) is 11.4. The molecule has 4 nitrogen and oxygen atoms in total. The number of aliphatic hydroxyl groups excluding tert-OH is 1. The Morgan fingerprint density at radius 3 is 2.80 bits per heavy atom. The van der Waals surface area contributed by atoms with E-state index in [0.29, 0.717) is 5.69 Å². The molecule has 0 saturated carbocycles. The third-order valence-corrected chi connectivity index (χ3v) is 3.03. The lowest BCUT2D eigenvalue weighted by Crippen LogP contribution is -2.26. The van der Waals surface area contributed by atoms with Crippen molar-refractivity contribution in [3.05, 3.63) is 59.4 Å². The van der Waals surface area contributed by atoms with E-state index in [4.69, 9.17) is 5.26 Å². The number of benzene rings is 1. The average molecular weight is 267 g/mol. The lowest BCUT2D eigenvalue weighted by molar-refractivity contribution is 0.273. The van der Waals surface area contributed by atoms with E-state index < -0.39 is 0 Å². The second kappa shape index (κ2) is 6.69. The van der Waals surface area contributed by atoms with Gasteiger partial charge >= 0.3 is 0 Å². The van der Waals surface area contributed by atoms with Crippen molar-refractivity contribution in [2.45, 2.75) is 19.4 Å². The maximum atomic E-state index is 9.48. The first kappa shape index (κ1) is 14.0. The Bertz CT molecular complexity index is 602.